The summed E-state index contributed by atoms with van der Waals surface area (Å²) < 4.78 is 50.1. The van der Waals surface area contributed by atoms with Crippen LogP contribution in [0.4, 0.5) is 13.2 Å². The van der Waals surface area contributed by atoms with Crippen LogP contribution in [0.5, 0.6) is 11.5 Å². The number of hydrogen-bond acceptors (Lipinski definition) is 6. The van der Waals surface area contributed by atoms with Crippen molar-refractivity contribution in [1.82, 2.24) is 4.98 Å². The van der Waals surface area contributed by atoms with E-state index in [1.807, 2.05) is 6.07 Å². The van der Waals surface area contributed by atoms with Gasteiger partial charge in [-0.25, -0.2) is 9.78 Å². The van der Waals surface area contributed by atoms with Gasteiger partial charge in [-0.05, 0) is 54.1 Å². The molecule has 0 saturated heterocycles. The third kappa shape index (κ3) is 5.29. The van der Waals surface area contributed by atoms with Crippen molar-refractivity contribution in [1.29, 1.82) is 5.26 Å². The number of nitrogens with zero attached hydrogens (tertiary/aromatic N) is 2. The molecule has 4 rings (SSSR count). The zero-order valence-electron chi connectivity index (χ0n) is 17.9. The van der Waals surface area contributed by atoms with Crippen molar-refractivity contribution in [2.75, 3.05) is 7.11 Å². The van der Waals surface area contributed by atoms with Crippen molar-refractivity contribution in [3.63, 3.8) is 0 Å². The van der Waals surface area contributed by atoms with Crippen molar-refractivity contribution >= 4 is 50.8 Å². The van der Waals surface area contributed by atoms with Crippen molar-refractivity contribution in [2.45, 2.75) is 6.18 Å². The van der Waals surface area contributed by atoms with Crippen LogP contribution in [0.25, 0.3) is 21.9 Å². The minimum Gasteiger partial charge on any atom is -0.493 e. The standard InChI is InChI=1S/C25H14ClF3N2O3S/c1-33-21-11-14(6-9-20(21)34-24(32)17-4-2-3-5-18(17)26)10-15(13-30)23-31-19-8-7-16(25(27,28)29)12-22(19)35-23/h2-12H,1H3/b15-10+. The molecule has 176 valence electrons. The van der Waals surface area contributed by atoms with E-state index < -0.39 is 17.7 Å². The summed E-state index contributed by atoms with van der Waals surface area (Å²) in [5, 5.41) is 10.2. The molecule has 0 bridgehead atoms. The summed E-state index contributed by atoms with van der Waals surface area (Å²) in [6.07, 6.45) is -2.95. The number of alkyl halides is 3. The maximum absolute atomic E-state index is 13.0. The summed E-state index contributed by atoms with van der Waals surface area (Å²) >= 11 is 7.03. The van der Waals surface area contributed by atoms with E-state index in [4.69, 9.17) is 21.1 Å². The average molecular weight is 515 g/mol. The number of nitriles is 1. The van der Waals surface area contributed by atoms with E-state index >= 15 is 0 Å². The number of ether oxygens (including phenoxy) is 2. The number of rotatable bonds is 5. The van der Waals surface area contributed by atoms with E-state index in [-0.39, 0.29) is 32.7 Å². The van der Waals surface area contributed by atoms with Crippen LogP contribution >= 0.6 is 22.9 Å². The van der Waals surface area contributed by atoms with Crippen LogP contribution in [0.3, 0.4) is 0 Å². The molecule has 4 aromatic rings. The smallest absolute Gasteiger partial charge is 0.416 e. The Morgan fingerprint density at radius 1 is 1.11 bits per heavy atom. The van der Waals surface area contributed by atoms with Gasteiger partial charge in [0, 0.05) is 0 Å². The second-order valence-electron chi connectivity index (χ2n) is 7.15. The molecule has 0 aliphatic carbocycles. The number of aromatic nitrogens is 1. The Kier molecular flexibility index (Phi) is 6.78. The van der Waals surface area contributed by atoms with E-state index in [0.717, 1.165) is 23.5 Å². The zero-order chi connectivity index (χ0) is 25.2. The third-order valence-electron chi connectivity index (χ3n) is 4.86. The molecule has 0 aliphatic heterocycles. The van der Waals surface area contributed by atoms with Crippen molar-refractivity contribution in [3.8, 4) is 17.6 Å². The molecular weight excluding hydrogens is 501 g/mol. The summed E-state index contributed by atoms with van der Waals surface area (Å²) in [5.41, 5.74) is 0.457. The van der Waals surface area contributed by atoms with Gasteiger partial charge in [0.25, 0.3) is 0 Å². The lowest BCUT2D eigenvalue weighted by Gasteiger charge is -2.10. The van der Waals surface area contributed by atoms with Crippen LogP contribution in [-0.2, 0) is 6.18 Å². The number of halogens is 4. The molecule has 3 aromatic carbocycles. The molecule has 1 aromatic heterocycles. The normalized spacial score (nSPS) is 11.8. The summed E-state index contributed by atoms with van der Waals surface area (Å²) in [4.78, 5) is 16.8. The second-order valence-corrected chi connectivity index (χ2v) is 8.59. The zero-order valence-corrected chi connectivity index (χ0v) is 19.5. The van der Waals surface area contributed by atoms with Gasteiger partial charge in [-0.3, -0.25) is 0 Å². The van der Waals surface area contributed by atoms with Crippen molar-refractivity contribution < 1.29 is 27.4 Å². The topological polar surface area (TPSA) is 72.2 Å². The Morgan fingerprint density at radius 2 is 1.89 bits per heavy atom. The van der Waals surface area contributed by atoms with E-state index in [2.05, 4.69) is 4.98 Å². The maximum atomic E-state index is 13.0. The maximum Gasteiger partial charge on any atom is 0.416 e. The lowest BCUT2D eigenvalue weighted by atomic mass is 10.1. The van der Waals surface area contributed by atoms with E-state index in [0.29, 0.717) is 15.8 Å². The fraction of sp³-hybridized carbons (Fsp3) is 0.0800. The van der Waals surface area contributed by atoms with Gasteiger partial charge in [0.2, 0.25) is 0 Å². The average Bonchev–Trinajstić information content (AvgIpc) is 3.26. The van der Waals surface area contributed by atoms with E-state index in [1.54, 1.807) is 30.3 Å². The van der Waals surface area contributed by atoms with Crippen LogP contribution in [0, 0.1) is 11.3 Å². The van der Waals surface area contributed by atoms with Gasteiger partial charge in [0.15, 0.2) is 11.5 Å². The quantitative estimate of drug-likeness (QED) is 0.159. The first-order chi connectivity index (χ1) is 16.7. The predicted octanol–water partition coefficient (Wildman–Crippen LogP) is 7.26. The molecule has 0 atom stereocenters. The van der Waals surface area contributed by atoms with Crippen molar-refractivity contribution in [3.05, 3.63) is 87.4 Å². The summed E-state index contributed by atoms with van der Waals surface area (Å²) in [5.74, 6) is -0.286. The molecule has 0 fully saturated rings. The molecule has 5 nitrogen and oxygen atoms in total. The Bertz CT molecular complexity index is 1510. The monoisotopic (exact) mass is 514 g/mol. The number of methoxy groups -OCH3 is 1. The Balaban J connectivity index is 1.63. The van der Waals surface area contributed by atoms with Crippen LogP contribution in [0.1, 0.15) is 26.5 Å². The first kappa shape index (κ1) is 24.3. The molecule has 0 spiro atoms. The minimum atomic E-state index is -4.47. The number of carbonyl (C=O) groups is 1. The number of carbonyl (C=O) groups excluding carboxylic acids is 1. The minimum absolute atomic E-state index is 0.146. The van der Waals surface area contributed by atoms with Gasteiger partial charge in [0.1, 0.15) is 11.1 Å². The highest BCUT2D eigenvalue weighted by Crippen LogP contribution is 2.36. The number of esters is 1. The summed E-state index contributed by atoms with van der Waals surface area (Å²) in [6.45, 7) is 0. The first-order valence-corrected chi connectivity index (χ1v) is 11.1. The highest BCUT2D eigenvalue weighted by Gasteiger charge is 2.30. The number of allylic oxidation sites excluding steroid dienone is 1. The molecule has 0 radical (unpaired) electrons. The number of fused-ring (bicyclic) bond motifs is 1. The molecule has 1 heterocycles. The highest BCUT2D eigenvalue weighted by atomic mass is 35.5. The van der Waals surface area contributed by atoms with Crippen LogP contribution in [-0.4, -0.2) is 18.1 Å². The number of benzene rings is 3. The second kappa shape index (κ2) is 9.78. The highest BCUT2D eigenvalue weighted by molar-refractivity contribution is 7.19. The molecule has 0 saturated carbocycles. The van der Waals surface area contributed by atoms with Gasteiger partial charge >= 0.3 is 12.1 Å². The molecule has 0 N–H and O–H groups in total. The largest absolute Gasteiger partial charge is 0.493 e. The summed E-state index contributed by atoms with van der Waals surface area (Å²) in [6, 6.07) is 16.4. The SMILES string of the molecule is COc1cc(/C=C(\C#N)c2nc3ccc(C(F)(F)F)cc3s2)ccc1OC(=O)c1ccccc1Cl. The predicted molar refractivity (Wildman–Crippen MR) is 128 cm³/mol. The summed E-state index contributed by atoms with van der Waals surface area (Å²) in [7, 11) is 1.40. The molecule has 0 unspecified atom stereocenters. The lowest BCUT2D eigenvalue weighted by molar-refractivity contribution is -0.137. The molecule has 10 heteroatoms. The van der Waals surface area contributed by atoms with E-state index in [1.165, 1.54) is 31.4 Å². The third-order valence-corrected chi connectivity index (χ3v) is 6.24. The van der Waals surface area contributed by atoms with Crippen LogP contribution in [0.2, 0.25) is 5.02 Å². The van der Waals surface area contributed by atoms with E-state index in [9.17, 15) is 23.2 Å². The first-order valence-electron chi connectivity index (χ1n) is 9.94. The molecular formula is C25H14ClF3N2O3S. The van der Waals surface area contributed by atoms with Gasteiger partial charge in [-0.2, -0.15) is 18.4 Å². The van der Waals surface area contributed by atoms with Gasteiger partial charge in [0.05, 0.1) is 39.0 Å². The number of hydrogen-bond donors (Lipinski definition) is 0. The van der Waals surface area contributed by atoms with Crippen LogP contribution < -0.4 is 9.47 Å². The Morgan fingerprint density at radius 3 is 2.57 bits per heavy atom. The molecule has 0 amide bonds. The number of thiazole rings is 1. The van der Waals surface area contributed by atoms with Gasteiger partial charge in [-0.1, -0.05) is 29.8 Å². The fourth-order valence-corrected chi connectivity index (χ4v) is 4.35. The molecule has 0 aliphatic rings. The van der Waals surface area contributed by atoms with Crippen LogP contribution in [0.15, 0.2) is 60.7 Å². The Hall–Kier alpha value is -3.87. The van der Waals surface area contributed by atoms with Gasteiger partial charge < -0.3 is 9.47 Å². The van der Waals surface area contributed by atoms with Crippen molar-refractivity contribution in [2.24, 2.45) is 0 Å². The van der Waals surface area contributed by atoms with Gasteiger partial charge in [-0.15, -0.1) is 11.3 Å². The fourth-order valence-electron chi connectivity index (χ4n) is 3.16. The molecule has 35 heavy (non-hydrogen) atoms. The Labute approximate surface area is 206 Å². The lowest BCUT2D eigenvalue weighted by Crippen LogP contribution is -2.09.